The maximum absolute atomic E-state index is 12.5. The third kappa shape index (κ3) is 6.86. The molecule has 0 aromatic carbocycles. The first-order valence-corrected chi connectivity index (χ1v) is 12.2. The fourth-order valence-electron chi connectivity index (χ4n) is 1.87. The molecule has 0 heterocycles. The van der Waals surface area contributed by atoms with Gasteiger partial charge in [-0.05, 0) is 0 Å². The average molecular weight is 544 g/mol. The van der Waals surface area contributed by atoms with Crippen molar-refractivity contribution >= 4 is 26.9 Å². The standard InChI is InChI=1S/C14H23NO5P.Ra.H/c1-4-5-6-12(13(18)15-9-10(2)16)14(19,11(3)17)7-8-20-21;;/h5-6,9,12,19H,4,7-8,21H2,1-3H3,(H,15,18);;/b6-5+;;/t12-,14-;;/m1../s1/i1D;;. The Kier molecular flexibility index (Phi) is 10.2. The summed E-state index contributed by atoms with van der Waals surface area (Å²) in [5.74, 6) is -2.35. The van der Waals surface area contributed by atoms with Gasteiger partial charge in [-0.2, -0.15) is 0 Å². The van der Waals surface area contributed by atoms with Crippen LogP contribution in [0.5, 0.6) is 0 Å². The maximum atomic E-state index is 12.5. The Balaban J connectivity index is 5.49. The van der Waals surface area contributed by atoms with Crippen LogP contribution in [0.15, 0.2) is 12.2 Å². The Morgan fingerprint density at radius 1 is 1.50 bits per heavy atom. The van der Waals surface area contributed by atoms with Gasteiger partial charge in [0.1, 0.15) is 0 Å². The van der Waals surface area contributed by atoms with E-state index in [-0.39, 0.29) is 68.5 Å². The Morgan fingerprint density at radius 3 is 2.59 bits per heavy atom. The molecule has 0 bridgehead atoms. The number of hydrogen-bond donors (Lipinski definition) is 2. The molecule has 0 rings (SSSR count). The minimum atomic E-state index is -1.91. The molecule has 22 heavy (non-hydrogen) atoms. The van der Waals surface area contributed by atoms with Crippen LogP contribution >= 0.6 is 9.47 Å². The van der Waals surface area contributed by atoms with Gasteiger partial charge < -0.3 is 0 Å². The molecule has 0 aromatic rings. The molecule has 8 heteroatoms. The monoisotopic (exact) mass is 544 g/mol. The molecule has 122 valence electrons. The molecule has 0 saturated carbocycles. The zero-order valence-electron chi connectivity index (χ0n) is 14.3. The summed E-state index contributed by atoms with van der Waals surface area (Å²) in [6.45, 7) is 2.84. The number of allylic oxidation sites excluding steroid dienone is 1. The third-order valence-electron chi connectivity index (χ3n) is 3.47. The summed E-state index contributed by atoms with van der Waals surface area (Å²) in [6.07, 6.45) is 3.39. The molecule has 1 amide bonds. The second kappa shape index (κ2) is 11.0. The molecule has 0 saturated heterocycles. The van der Waals surface area contributed by atoms with Crippen molar-refractivity contribution in [2.75, 3.05) is 6.61 Å². The molecule has 2 N–H and O–H groups in total. The van der Waals surface area contributed by atoms with Gasteiger partial charge in [-0.25, -0.2) is 0 Å². The Bertz CT molecular complexity index is 462. The summed E-state index contributed by atoms with van der Waals surface area (Å²) in [5, 5.41) is 13.3. The quantitative estimate of drug-likeness (QED) is 0.307. The number of aliphatic hydroxyl groups is 1. The van der Waals surface area contributed by atoms with E-state index in [4.69, 9.17) is 5.89 Å². The topological polar surface area (TPSA) is 92.7 Å². The van der Waals surface area contributed by atoms with Crippen LogP contribution in [0.2, 0.25) is 0 Å². The number of nitrogens with one attached hydrogen (secondary N) is 1. The fourth-order valence-corrected chi connectivity index (χ4v) is 3.15. The fraction of sp³-hybridized carbons (Fsp3) is 0.643. The van der Waals surface area contributed by atoms with Gasteiger partial charge in [0, 0.05) is 0 Å². The van der Waals surface area contributed by atoms with Crippen molar-refractivity contribution in [3.8, 4) is 0 Å². The second-order valence-corrected chi connectivity index (χ2v) is 10.2. The molecule has 0 aromatic heterocycles. The van der Waals surface area contributed by atoms with Gasteiger partial charge in [-0.3, -0.25) is 0 Å². The molecule has 0 spiro atoms. The number of ketones is 2. The van der Waals surface area contributed by atoms with Crippen molar-refractivity contribution in [3.05, 3.63) is 12.2 Å². The van der Waals surface area contributed by atoms with Crippen LogP contribution in [0.3, 0.4) is 0 Å². The van der Waals surface area contributed by atoms with Gasteiger partial charge in [-0.1, -0.05) is 0 Å². The van der Waals surface area contributed by atoms with E-state index >= 15 is 0 Å². The van der Waals surface area contributed by atoms with E-state index in [9.17, 15) is 19.5 Å². The molecule has 0 aliphatic carbocycles. The summed E-state index contributed by atoms with van der Waals surface area (Å²) in [6, 6.07) is 0. The van der Waals surface area contributed by atoms with Crippen molar-refractivity contribution in [1.29, 1.82) is 0 Å². The first kappa shape index (κ1) is 20.4. The predicted octanol–water partition coefficient (Wildman–Crippen LogP) is 0.399. The van der Waals surface area contributed by atoms with Gasteiger partial charge in [0.05, 0.1) is 0 Å². The van der Waals surface area contributed by atoms with Gasteiger partial charge in [0.15, 0.2) is 0 Å². The van der Waals surface area contributed by atoms with Gasteiger partial charge in [0.2, 0.25) is 0 Å². The summed E-state index contributed by atoms with van der Waals surface area (Å²) >= 11 is -0.291. The number of rotatable bonds is 10. The summed E-state index contributed by atoms with van der Waals surface area (Å²) in [4.78, 5) is 35.8. The number of amides is 1. The molecule has 4 atom stereocenters. The number of carbonyl (C=O) groups is 3. The van der Waals surface area contributed by atoms with E-state index in [2.05, 4.69) is 5.32 Å². The van der Waals surface area contributed by atoms with E-state index < -0.39 is 24.3 Å². The van der Waals surface area contributed by atoms with Crippen LogP contribution < -0.4 is 5.32 Å². The van der Waals surface area contributed by atoms with Crippen LogP contribution in [0.4, 0.5) is 0 Å². The normalized spacial score (nSPS) is 17.3. The van der Waals surface area contributed by atoms with Crippen LogP contribution in [-0.4, -0.2) is 35.9 Å². The van der Waals surface area contributed by atoms with Gasteiger partial charge in [-0.15, -0.1) is 0 Å². The van der Waals surface area contributed by atoms with E-state index in [1.165, 1.54) is 19.9 Å². The van der Waals surface area contributed by atoms with Gasteiger partial charge in [0.25, 0.3) is 0 Å². The molecule has 0 aliphatic rings. The first-order valence-electron chi connectivity index (χ1n) is 7.73. The van der Waals surface area contributed by atoms with Crippen molar-refractivity contribution in [2.45, 2.75) is 40.3 Å². The minimum absolute atomic E-state index is 0.0471. The van der Waals surface area contributed by atoms with Crippen LogP contribution in [-0.2, 0) is 18.9 Å². The average Bonchev–Trinajstić information content (AvgIpc) is 2.48. The Morgan fingerprint density at radius 2 is 2.14 bits per heavy atom. The van der Waals surface area contributed by atoms with E-state index in [1.807, 2.05) is 9.47 Å². The van der Waals surface area contributed by atoms with Crippen molar-refractivity contribution < 1.29 is 68.2 Å². The van der Waals surface area contributed by atoms with E-state index in [0.29, 0.717) is 6.42 Å². The van der Waals surface area contributed by atoms with Crippen LogP contribution in [0.1, 0.15) is 35.0 Å². The molecule has 0 aliphatic heterocycles. The number of carbonyl (C=O) groups excluding carboxylic acids is 3. The van der Waals surface area contributed by atoms with E-state index in [1.54, 1.807) is 6.08 Å². The predicted molar refractivity (Wildman–Crippen MR) is 82.8 cm³/mol. The van der Waals surface area contributed by atoms with Gasteiger partial charge >= 0.3 is 165 Å². The molecule has 6 nitrogen and oxygen atoms in total. The summed E-state index contributed by atoms with van der Waals surface area (Å²) < 4.78 is 11.5. The zero-order chi connectivity index (χ0) is 18.0. The third-order valence-corrected chi connectivity index (χ3v) is 8.23. The Labute approximate surface area is 164 Å². The SMILES string of the molecule is [2H]CC/C=C/[C@H](C(=O)N[CH]([RaH])C(C)=O)[C@@](O)(CCOP)C(C)=O. The van der Waals surface area contributed by atoms with E-state index in [0.717, 1.165) is 0 Å². The summed E-state index contributed by atoms with van der Waals surface area (Å²) in [5.41, 5.74) is -1.91. The number of Topliss-reactive ketones (excluding diaryl/α,β-unsaturated/α-hetero) is 2. The summed E-state index contributed by atoms with van der Waals surface area (Å²) in [7, 11) is 2.03. The van der Waals surface area contributed by atoms with Crippen molar-refractivity contribution in [1.82, 2.24) is 5.32 Å². The molecule has 0 radical (unpaired) electrons. The zero-order valence-corrected chi connectivity index (χ0v) is 22.7. The van der Waals surface area contributed by atoms with Crippen LogP contribution in [0, 0.1) is 48.7 Å². The van der Waals surface area contributed by atoms with Crippen molar-refractivity contribution in [3.63, 3.8) is 0 Å². The molecular weight excluding hydrogens is 519 g/mol. The first-order chi connectivity index (χ1) is 10.7. The second-order valence-electron chi connectivity index (χ2n) is 5.14. The van der Waals surface area contributed by atoms with Crippen LogP contribution in [0.25, 0.3) is 0 Å². The Hall–Kier alpha value is 0.368. The molecular formula is C14H24NO5PRa. The molecule has 2 unspecified atom stereocenters. The van der Waals surface area contributed by atoms with Crippen molar-refractivity contribution in [2.24, 2.45) is 5.92 Å². The molecule has 0 fully saturated rings. The number of hydrogen-bond acceptors (Lipinski definition) is 5.